The number of thiophene rings is 1. The van der Waals surface area contributed by atoms with Gasteiger partial charge in [-0.15, -0.1) is 11.3 Å². The highest BCUT2D eigenvalue weighted by molar-refractivity contribution is 7.77. The summed E-state index contributed by atoms with van der Waals surface area (Å²) in [6.07, 6.45) is 9.43. The van der Waals surface area contributed by atoms with E-state index in [1.54, 1.807) is 11.8 Å². The Hall–Kier alpha value is -1.70. The van der Waals surface area contributed by atoms with Crippen molar-refractivity contribution in [1.82, 2.24) is 9.62 Å². The zero-order valence-corrected chi connectivity index (χ0v) is 23.9. The average Bonchev–Trinajstić information content (AvgIpc) is 3.57. The van der Waals surface area contributed by atoms with Crippen molar-refractivity contribution in [3.05, 3.63) is 21.9 Å². The van der Waals surface area contributed by atoms with Gasteiger partial charge in [-0.25, -0.2) is 14.0 Å². The van der Waals surface area contributed by atoms with Crippen LogP contribution in [0, 0.1) is 5.41 Å². The van der Waals surface area contributed by atoms with Crippen LogP contribution in [0.5, 0.6) is 0 Å². The first-order chi connectivity index (χ1) is 18.1. The molecule has 3 fully saturated rings. The summed E-state index contributed by atoms with van der Waals surface area (Å²) in [4.78, 5) is 31.4. The number of quaternary nitrogens is 1. The van der Waals surface area contributed by atoms with Gasteiger partial charge in [-0.3, -0.25) is 14.4 Å². The van der Waals surface area contributed by atoms with Crippen LogP contribution in [0.4, 0.5) is 0 Å². The van der Waals surface area contributed by atoms with E-state index >= 15 is 0 Å². The molecule has 0 radical (unpaired) electrons. The number of likely N-dealkylation sites (tertiary alicyclic amines) is 1. The zero-order valence-electron chi connectivity index (χ0n) is 22.2. The topological polar surface area (TPSA) is 165 Å². The molecule has 1 aromatic heterocycles. The number of hydrogen-bond acceptors (Lipinski definition) is 7. The van der Waals surface area contributed by atoms with E-state index in [1.165, 1.54) is 11.3 Å². The van der Waals surface area contributed by atoms with Gasteiger partial charge in [0.1, 0.15) is 18.4 Å². The molecule has 2 saturated carbocycles. The van der Waals surface area contributed by atoms with Crippen LogP contribution < -0.4 is 16.2 Å². The molecule has 0 aromatic carbocycles. The second-order valence-corrected chi connectivity index (χ2v) is 13.1. The molecule has 4 rings (SSSR count). The molecule has 0 spiro atoms. The second-order valence-electron chi connectivity index (χ2n) is 11.2. The van der Waals surface area contributed by atoms with Gasteiger partial charge in [0.15, 0.2) is 0 Å². The lowest BCUT2D eigenvalue weighted by Gasteiger charge is -2.52. The van der Waals surface area contributed by atoms with Gasteiger partial charge in [0.05, 0.1) is 27.9 Å². The monoisotopic (exact) mass is 566 g/mol. The molecular weight excluding hydrogens is 524 g/mol. The maximum atomic E-state index is 15.0. The van der Waals surface area contributed by atoms with Gasteiger partial charge in [-0.1, -0.05) is 6.42 Å². The van der Waals surface area contributed by atoms with Crippen molar-refractivity contribution in [2.45, 2.75) is 114 Å². The van der Waals surface area contributed by atoms with Crippen molar-refractivity contribution in [3.8, 4) is 0 Å². The van der Waals surface area contributed by atoms with E-state index in [-0.39, 0.29) is 35.8 Å². The van der Waals surface area contributed by atoms with Crippen molar-refractivity contribution in [3.63, 3.8) is 0 Å². The second kappa shape index (κ2) is 12.6. The Kier molecular flexibility index (Phi) is 9.75. The zero-order chi connectivity index (χ0) is 27.4. The van der Waals surface area contributed by atoms with Crippen LogP contribution in [0.2, 0.25) is 0 Å². The van der Waals surface area contributed by atoms with E-state index in [0.717, 1.165) is 56.2 Å². The summed E-state index contributed by atoms with van der Waals surface area (Å²) in [6.45, 7) is 2.73. The molecule has 2 unspecified atom stereocenters. The predicted octanol–water partition coefficient (Wildman–Crippen LogP) is 2.24. The van der Waals surface area contributed by atoms with Crippen molar-refractivity contribution in [1.29, 1.82) is 5.41 Å². The summed E-state index contributed by atoms with van der Waals surface area (Å²) in [5.74, 6) is -0.0570. The van der Waals surface area contributed by atoms with Gasteiger partial charge in [0.25, 0.3) is 0 Å². The van der Waals surface area contributed by atoms with E-state index in [1.807, 2.05) is 12.1 Å². The van der Waals surface area contributed by atoms with Gasteiger partial charge in [-0.05, 0) is 70.4 Å². The molecule has 12 heteroatoms. The number of amidine groups is 1. The number of rotatable bonds is 9. The summed E-state index contributed by atoms with van der Waals surface area (Å²) in [5, 5.41) is 7.89. The van der Waals surface area contributed by atoms with E-state index in [0.29, 0.717) is 41.7 Å². The number of nitrogens with one attached hydrogen (secondary N) is 2. The first-order valence-corrected chi connectivity index (χ1v) is 15.8. The lowest BCUT2D eigenvalue weighted by Crippen LogP contribution is -2.69. The summed E-state index contributed by atoms with van der Waals surface area (Å²) < 4.78 is 25.5. The minimum absolute atomic E-state index is 0.0186. The summed E-state index contributed by atoms with van der Waals surface area (Å²) in [7, 11) is 0. The highest BCUT2D eigenvalue weighted by atomic mass is 32.2. The van der Waals surface area contributed by atoms with Crippen molar-refractivity contribution in [2.24, 2.45) is 11.5 Å². The van der Waals surface area contributed by atoms with E-state index < -0.39 is 23.4 Å². The highest BCUT2D eigenvalue weighted by Crippen LogP contribution is 2.42. The van der Waals surface area contributed by atoms with E-state index in [2.05, 4.69) is 4.72 Å². The maximum absolute atomic E-state index is 15.0. The largest absolute Gasteiger partial charge is 0.760 e. The first kappa shape index (κ1) is 29.3. The number of nitrogens with zero attached hydrogens (tertiary/aromatic N) is 2. The normalized spacial score (nSPS) is 28.0. The quantitative estimate of drug-likeness (QED) is 0.155. The van der Waals surface area contributed by atoms with Crippen molar-refractivity contribution in [2.75, 3.05) is 6.54 Å². The fourth-order valence-electron chi connectivity index (χ4n) is 7.02. The molecule has 2 amide bonds. The van der Waals surface area contributed by atoms with E-state index in [4.69, 9.17) is 16.9 Å². The Morgan fingerprint density at radius 2 is 1.79 bits per heavy atom. The molecule has 2 heterocycles. The lowest BCUT2D eigenvalue weighted by molar-refractivity contribution is -0.919. The molecule has 1 aliphatic heterocycles. The Morgan fingerprint density at radius 1 is 1.13 bits per heavy atom. The standard InChI is InChI=1S/C26H42N6O4S2/c1-17(27)25(33)31-15-5-8-22(31)26(34)32(19-6-3-2-4-7-19,16-21-13-14-23(37-21)24(28)29)20-11-9-18(10-12-20)30-38(35)36/h13-14,17-20,22,30H,2-12,15-16,27H2,1H3,(H3-,28,29,35,36)/t17-,18?,20?,22-,32?/m0/s1. The molecular formula is C26H42N6O4S2. The Balaban J connectivity index is 1.75. The van der Waals surface area contributed by atoms with Crippen molar-refractivity contribution >= 4 is 40.3 Å². The number of amides is 2. The average molecular weight is 567 g/mol. The smallest absolute Gasteiger partial charge is 0.337 e. The first-order valence-electron chi connectivity index (χ1n) is 13.9. The molecule has 10 nitrogen and oxygen atoms in total. The third-order valence-electron chi connectivity index (χ3n) is 8.80. The van der Waals surface area contributed by atoms with E-state index in [9.17, 15) is 18.4 Å². The molecule has 38 heavy (non-hydrogen) atoms. The fraction of sp³-hybridized carbons (Fsp3) is 0.731. The van der Waals surface area contributed by atoms with Crippen LogP contribution in [-0.4, -0.2) is 72.5 Å². The van der Waals surface area contributed by atoms with Gasteiger partial charge < -0.3 is 20.9 Å². The fourth-order valence-corrected chi connectivity index (χ4v) is 8.47. The predicted molar refractivity (Wildman–Crippen MR) is 148 cm³/mol. The van der Waals surface area contributed by atoms with Crippen LogP contribution in [0.1, 0.15) is 87.3 Å². The van der Waals surface area contributed by atoms with Gasteiger partial charge in [0.2, 0.25) is 5.91 Å². The minimum atomic E-state index is -2.32. The molecule has 0 bridgehead atoms. The summed E-state index contributed by atoms with van der Waals surface area (Å²) in [5.41, 5.74) is 11.8. The van der Waals surface area contributed by atoms with Gasteiger partial charge in [0, 0.05) is 36.7 Å². The molecule has 3 aliphatic rings. The van der Waals surface area contributed by atoms with Crippen LogP contribution in [0.25, 0.3) is 0 Å². The number of carbonyl (C=O) groups excluding carboxylic acids is 2. The van der Waals surface area contributed by atoms with Gasteiger partial charge in [-0.2, -0.15) is 0 Å². The molecule has 2 aliphatic carbocycles. The number of carbonyl (C=O) groups is 2. The Morgan fingerprint density at radius 3 is 2.37 bits per heavy atom. The Labute approximate surface area is 232 Å². The molecule has 212 valence electrons. The number of nitrogen functional groups attached to an aromatic ring is 1. The van der Waals surface area contributed by atoms with Crippen LogP contribution in [-0.2, 0) is 27.4 Å². The third-order valence-corrected chi connectivity index (χ3v) is 10.4. The summed E-state index contributed by atoms with van der Waals surface area (Å²) in [6, 6.07) is 2.71. The van der Waals surface area contributed by atoms with Crippen molar-refractivity contribution < 1.29 is 22.8 Å². The molecule has 1 aromatic rings. The lowest BCUT2D eigenvalue weighted by atomic mass is 9.83. The molecule has 4 atom stereocenters. The third kappa shape index (κ3) is 6.20. The molecule has 1 saturated heterocycles. The van der Waals surface area contributed by atoms with Gasteiger partial charge >= 0.3 is 5.91 Å². The van der Waals surface area contributed by atoms with Crippen LogP contribution in [0.15, 0.2) is 12.1 Å². The van der Waals surface area contributed by atoms with Crippen LogP contribution in [0.3, 0.4) is 0 Å². The minimum Gasteiger partial charge on any atom is -0.760 e. The maximum Gasteiger partial charge on any atom is 0.337 e. The SMILES string of the molecule is C[C@H](N)C(=O)N1CCC[C@H]1C(=O)[N+](Cc1ccc(C(=N)N)s1)(C1CCCCC1)C1CCC(NS(=O)[O-])CC1. The summed E-state index contributed by atoms with van der Waals surface area (Å²) >= 11 is -0.852. The Bertz CT molecular complexity index is 1030. The molecule has 6 N–H and O–H groups in total. The highest BCUT2D eigenvalue weighted by Gasteiger charge is 2.55. The number of hydrogen-bond donors (Lipinski definition) is 4. The van der Waals surface area contributed by atoms with Crippen LogP contribution >= 0.6 is 11.3 Å². The number of nitrogens with two attached hydrogens (primary N) is 2.